The maximum Gasteiger partial charge on any atom is 0.245 e. The van der Waals surface area contributed by atoms with Crippen molar-refractivity contribution in [1.29, 1.82) is 0 Å². The van der Waals surface area contributed by atoms with Crippen LogP contribution >= 0.6 is 11.6 Å². The van der Waals surface area contributed by atoms with E-state index in [0.29, 0.717) is 29.2 Å². The first-order valence-corrected chi connectivity index (χ1v) is 7.61. The van der Waals surface area contributed by atoms with Gasteiger partial charge in [-0.25, -0.2) is 9.97 Å². The molecule has 0 aliphatic heterocycles. The van der Waals surface area contributed by atoms with Crippen LogP contribution < -0.4 is 4.74 Å². The van der Waals surface area contributed by atoms with Gasteiger partial charge in [0.1, 0.15) is 12.2 Å². The van der Waals surface area contributed by atoms with Crippen LogP contribution in [0.4, 0.5) is 0 Å². The summed E-state index contributed by atoms with van der Waals surface area (Å²) in [6.45, 7) is 2.24. The summed E-state index contributed by atoms with van der Waals surface area (Å²) in [6.07, 6.45) is 6.70. The lowest BCUT2D eigenvalue weighted by molar-refractivity contribution is 0.360. The summed E-state index contributed by atoms with van der Waals surface area (Å²) in [7, 11) is 1.60. The SMILES string of the molecule is COc1ncnc2c1nc(CCl)n2C(C)C1CCCC1. The second-order valence-electron chi connectivity index (χ2n) is 5.37. The van der Waals surface area contributed by atoms with Crippen LogP contribution in [-0.4, -0.2) is 26.6 Å². The van der Waals surface area contributed by atoms with Crippen molar-refractivity contribution >= 4 is 22.8 Å². The van der Waals surface area contributed by atoms with Gasteiger partial charge in [0.2, 0.25) is 5.88 Å². The highest BCUT2D eigenvalue weighted by Crippen LogP contribution is 2.37. The molecule has 1 saturated carbocycles. The minimum absolute atomic E-state index is 0.357. The molecule has 1 fully saturated rings. The quantitative estimate of drug-likeness (QED) is 0.812. The monoisotopic (exact) mass is 294 g/mol. The summed E-state index contributed by atoms with van der Waals surface area (Å²) in [5.74, 6) is 2.41. The van der Waals surface area contributed by atoms with Crippen LogP contribution in [0.15, 0.2) is 6.33 Å². The smallest absolute Gasteiger partial charge is 0.245 e. The van der Waals surface area contributed by atoms with Crippen molar-refractivity contribution in [1.82, 2.24) is 19.5 Å². The Morgan fingerprint density at radius 2 is 2.15 bits per heavy atom. The fraction of sp³-hybridized carbons (Fsp3) is 0.643. The number of imidazole rings is 1. The van der Waals surface area contributed by atoms with Crippen molar-refractivity contribution in [3.05, 3.63) is 12.2 Å². The van der Waals surface area contributed by atoms with E-state index in [1.165, 1.54) is 32.0 Å². The number of rotatable bonds is 4. The van der Waals surface area contributed by atoms with Crippen LogP contribution in [0.5, 0.6) is 5.88 Å². The Kier molecular flexibility index (Phi) is 3.78. The van der Waals surface area contributed by atoms with E-state index in [0.717, 1.165) is 11.5 Å². The van der Waals surface area contributed by atoms with E-state index in [2.05, 4.69) is 26.4 Å². The first-order chi connectivity index (χ1) is 9.76. The van der Waals surface area contributed by atoms with Gasteiger partial charge in [0.25, 0.3) is 0 Å². The van der Waals surface area contributed by atoms with E-state index in [1.807, 2.05) is 0 Å². The fourth-order valence-electron chi connectivity index (χ4n) is 3.26. The molecule has 1 aliphatic carbocycles. The molecule has 0 N–H and O–H groups in total. The maximum atomic E-state index is 6.08. The molecule has 0 radical (unpaired) electrons. The van der Waals surface area contributed by atoms with Gasteiger partial charge in [-0.1, -0.05) is 12.8 Å². The predicted octanol–water partition coefficient (Wildman–Crippen LogP) is 3.32. The second-order valence-corrected chi connectivity index (χ2v) is 5.64. The molecule has 2 heterocycles. The molecule has 108 valence electrons. The van der Waals surface area contributed by atoms with E-state index in [4.69, 9.17) is 16.3 Å². The van der Waals surface area contributed by atoms with Crippen molar-refractivity contribution in [3.8, 4) is 5.88 Å². The molecular weight excluding hydrogens is 276 g/mol. The minimum atomic E-state index is 0.357. The third kappa shape index (κ3) is 2.14. The van der Waals surface area contributed by atoms with Crippen molar-refractivity contribution < 1.29 is 4.74 Å². The van der Waals surface area contributed by atoms with Gasteiger partial charge in [-0.15, -0.1) is 11.6 Å². The van der Waals surface area contributed by atoms with Gasteiger partial charge in [-0.3, -0.25) is 0 Å². The lowest BCUT2D eigenvalue weighted by Gasteiger charge is -2.22. The Morgan fingerprint density at radius 3 is 2.80 bits per heavy atom. The van der Waals surface area contributed by atoms with Crippen LogP contribution in [0.3, 0.4) is 0 Å². The van der Waals surface area contributed by atoms with E-state index < -0.39 is 0 Å². The summed E-state index contributed by atoms with van der Waals surface area (Å²) in [5, 5.41) is 0. The molecule has 0 saturated heterocycles. The highest BCUT2D eigenvalue weighted by molar-refractivity contribution is 6.16. The molecule has 1 atom stereocenters. The molecule has 0 amide bonds. The summed E-state index contributed by atoms with van der Waals surface area (Å²) in [6, 6.07) is 0.357. The molecule has 20 heavy (non-hydrogen) atoms. The molecule has 6 heteroatoms. The molecule has 0 aromatic carbocycles. The van der Waals surface area contributed by atoms with Gasteiger partial charge in [-0.05, 0) is 25.7 Å². The fourth-order valence-corrected chi connectivity index (χ4v) is 3.44. The number of methoxy groups -OCH3 is 1. The molecule has 1 aliphatic rings. The molecule has 1 unspecified atom stereocenters. The molecule has 0 spiro atoms. The van der Waals surface area contributed by atoms with Crippen molar-refractivity contribution in [3.63, 3.8) is 0 Å². The van der Waals surface area contributed by atoms with E-state index in [1.54, 1.807) is 7.11 Å². The number of nitrogens with zero attached hydrogens (tertiary/aromatic N) is 4. The number of halogens is 1. The number of alkyl halides is 1. The van der Waals surface area contributed by atoms with Gasteiger partial charge >= 0.3 is 0 Å². The topological polar surface area (TPSA) is 52.8 Å². The maximum absolute atomic E-state index is 6.08. The summed E-state index contributed by atoms with van der Waals surface area (Å²) in [5.41, 5.74) is 1.53. The number of aromatic nitrogens is 4. The Balaban J connectivity index is 2.12. The minimum Gasteiger partial charge on any atom is -0.479 e. The Morgan fingerprint density at radius 1 is 1.40 bits per heavy atom. The average Bonchev–Trinajstić information content (AvgIpc) is 3.12. The van der Waals surface area contributed by atoms with Crippen molar-refractivity contribution in [2.24, 2.45) is 5.92 Å². The highest BCUT2D eigenvalue weighted by atomic mass is 35.5. The van der Waals surface area contributed by atoms with Gasteiger partial charge in [0, 0.05) is 6.04 Å². The normalized spacial score (nSPS) is 17.8. The zero-order chi connectivity index (χ0) is 14.1. The zero-order valence-corrected chi connectivity index (χ0v) is 12.6. The third-order valence-corrected chi connectivity index (χ3v) is 4.56. The number of hydrogen-bond acceptors (Lipinski definition) is 4. The molecule has 5 nitrogen and oxygen atoms in total. The standard InChI is InChI=1S/C14H19ClN4O/c1-9(10-5-3-4-6-10)19-11(7-15)18-12-13(19)16-8-17-14(12)20-2/h8-10H,3-7H2,1-2H3. The Hall–Kier alpha value is -1.36. The number of fused-ring (bicyclic) bond motifs is 1. The van der Waals surface area contributed by atoms with Gasteiger partial charge in [0.15, 0.2) is 11.2 Å². The van der Waals surface area contributed by atoms with E-state index >= 15 is 0 Å². The lowest BCUT2D eigenvalue weighted by atomic mass is 9.99. The Labute approximate surface area is 123 Å². The van der Waals surface area contributed by atoms with Crippen molar-refractivity contribution in [2.75, 3.05) is 7.11 Å². The zero-order valence-electron chi connectivity index (χ0n) is 11.8. The van der Waals surface area contributed by atoms with Gasteiger partial charge in [0.05, 0.1) is 13.0 Å². The molecular formula is C14H19ClN4O. The largest absolute Gasteiger partial charge is 0.479 e. The van der Waals surface area contributed by atoms with Gasteiger partial charge < -0.3 is 9.30 Å². The Bertz CT molecular complexity index is 606. The van der Waals surface area contributed by atoms with E-state index in [-0.39, 0.29) is 0 Å². The summed E-state index contributed by atoms with van der Waals surface area (Å²) < 4.78 is 7.44. The van der Waals surface area contributed by atoms with Crippen LogP contribution in [0.25, 0.3) is 11.2 Å². The molecule has 2 aromatic heterocycles. The van der Waals surface area contributed by atoms with Gasteiger partial charge in [-0.2, -0.15) is 4.98 Å². The number of ether oxygens (including phenoxy) is 1. The highest BCUT2D eigenvalue weighted by Gasteiger charge is 2.27. The summed E-state index contributed by atoms with van der Waals surface area (Å²) in [4.78, 5) is 13.1. The third-order valence-electron chi connectivity index (χ3n) is 4.32. The average molecular weight is 295 g/mol. The van der Waals surface area contributed by atoms with Crippen LogP contribution in [0, 0.1) is 5.92 Å². The van der Waals surface area contributed by atoms with Crippen molar-refractivity contribution in [2.45, 2.75) is 44.5 Å². The molecule has 2 aromatic rings. The number of hydrogen-bond donors (Lipinski definition) is 0. The molecule has 3 rings (SSSR count). The van der Waals surface area contributed by atoms with Crippen LogP contribution in [0.2, 0.25) is 0 Å². The molecule has 0 bridgehead atoms. The predicted molar refractivity (Wildman–Crippen MR) is 78.1 cm³/mol. The first-order valence-electron chi connectivity index (χ1n) is 7.08. The second kappa shape index (κ2) is 5.56. The first kappa shape index (κ1) is 13.6. The lowest BCUT2D eigenvalue weighted by Crippen LogP contribution is -2.16. The van der Waals surface area contributed by atoms with Crippen LogP contribution in [-0.2, 0) is 5.88 Å². The summed E-state index contributed by atoms with van der Waals surface area (Å²) >= 11 is 6.08. The van der Waals surface area contributed by atoms with Crippen LogP contribution in [0.1, 0.15) is 44.5 Å². The van der Waals surface area contributed by atoms with E-state index in [9.17, 15) is 0 Å².